The van der Waals surface area contributed by atoms with Crippen molar-refractivity contribution in [1.29, 1.82) is 0 Å². The molecule has 1 fully saturated rings. The average molecular weight is 267 g/mol. The highest BCUT2D eigenvalue weighted by Crippen LogP contribution is 2.20. The molecule has 100 valence electrons. The van der Waals surface area contributed by atoms with Crippen molar-refractivity contribution in [2.75, 3.05) is 0 Å². The lowest BCUT2D eigenvalue weighted by molar-refractivity contribution is 0.446. The van der Waals surface area contributed by atoms with E-state index in [0.717, 1.165) is 17.7 Å². The van der Waals surface area contributed by atoms with E-state index in [1.165, 1.54) is 17.5 Å². The van der Waals surface area contributed by atoms with E-state index in [9.17, 15) is 13.2 Å². The number of hydrogen-bond acceptors (Lipinski definition) is 2. The minimum absolute atomic E-state index is 0.161. The van der Waals surface area contributed by atoms with Crippen LogP contribution in [0.1, 0.15) is 18.4 Å². The zero-order valence-electron chi connectivity index (χ0n) is 10.0. The van der Waals surface area contributed by atoms with Crippen LogP contribution in [0.2, 0.25) is 0 Å². The maximum atomic E-state index is 13.1. The highest BCUT2D eigenvalue weighted by molar-refractivity contribution is 5.33. The maximum Gasteiger partial charge on any atom is 0.194 e. The first-order chi connectivity index (χ1) is 9.13. The summed E-state index contributed by atoms with van der Waals surface area (Å²) in [6, 6.07) is 2.41. The first-order valence-corrected chi connectivity index (χ1v) is 6.05. The lowest BCUT2D eigenvalue weighted by atomic mass is 10.3. The Morgan fingerprint density at radius 3 is 2.53 bits per heavy atom. The third-order valence-electron chi connectivity index (χ3n) is 3.04. The molecule has 2 aromatic rings. The molecule has 0 radical (unpaired) electrons. The van der Waals surface area contributed by atoms with Gasteiger partial charge in [0.1, 0.15) is 0 Å². The van der Waals surface area contributed by atoms with Gasteiger partial charge in [-0.25, -0.2) is 17.9 Å². The molecule has 0 unspecified atom stereocenters. The van der Waals surface area contributed by atoms with Crippen molar-refractivity contribution in [1.82, 2.24) is 15.1 Å². The molecule has 1 aromatic carbocycles. The van der Waals surface area contributed by atoms with Crippen LogP contribution in [0.4, 0.5) is 13.2 Å². The van der Waals surface area contributed by atoms with Crippen molar-refractivity contribution in [3.8, 4) is 5.69 Å². The molecule has 6 heteroatoms. The summed E-state index contributed by atoms with van der Waals surface area (Å²) >= 11 is 0. The summed E-state index contributed by atoms with van der Waals surface area (Å²) < 4.78 is 40.4. The van der Waals surface area contributed by atoms with E-state index in [2.05, 4.69) is 10.4 Å². The quantitative estimate of drug-likeness (QED) is 0.863. The Labute approximate surface area is 108 Å². The number of hydrogen-bond donors (Lipinski definition) is 1. The lowest BCUT2D eigenvalue weighted by Crippen LogP contribution is -2.14. The summed E-state index contributed by atoms with van der Waals surface area (Å²) in [5, 5.41) is 7.33. The second-order valence-electron chi connectivity index (χ2n) is 4.67. The molecule has 0 saturated heterocycles. The van der Waals surface area contributed by atoms with E-state index in [1.807, 2.05) is 0 Å². The molecule has 1 heterocycles. The molecule has 0 spiro atoms. The molecule has 1 saturated carbocycles. The molecule has 0 atom stereocenters. The minimum atomic E-state index is -1.47. The number of rotatable bonds is 4. The molecular formula is C13H12F3N3. The van der Waals surface area contributed by atoms with Gasteiger partial charge >= 0.3 is 0 Å². The normalized spacial score (nSPS) is 14.9. The van der Waals surface area contributed by atoms with Crippen molar-refractivity contribution < 1.29 is 13.2 Å². The van der Waals surface area contributed by atoms with E-state index in [4.69, 9.17) is 0 Å². The zero-order chi connectivity index (χ0) is 13.4. The van der Waals surface area contributed by atoms with Gasteiger partial charge in [-0.2, -0.15) is 5.10 Å². The predicted octanol–water partition coefficient (Wildman–Crippen LogP) is 2.54. The largest absolute Gasteiger partial charge is 0.310 e. The van der Waals surface area contributed by atoms with Crippen LogP contribution in [0.15, 0.2) is 24.5 Å². The second kappa shape index (κ2) is 4.70. The van der Waals surface area contributed by atoms with E-state index in [1.54, 1.807) is 12.4 Å². The molecule has 19 heavy (non-hydrogen) atoms. The van der Waals surface area contributed by atoms with Gasteiger partial charge in [0, 0.05) is 36.5 Å². The topological polar surface area (TPSA) is 29.9 Å². The van der Waals surface area contributed by atoms with Crippen LogP contribution in [-0.2, 0) is 6.54 Å². The number of nitrogens with zero attached hydrogens (tertiary/aromatic N) is 2. The molecule has 1 aliphatic carbocycles. The summed E-state index contributed by atoms with van der Waals surface area (Å²) in [7, 11) is 0. The number of halogens is 3. The molecule has 0 amide bonds. The van der Waals surface area contributed by atoms with E-state index in [-0.39, 0.29) is 5.69 Å². The fraction of sp³-hybridized carbons (Fsp3) is 0.308. The van der Waals surface area contributed by atoms with Crippen LogP contribution in [-0.4, -0.2) is 15.8 Å². The number of aromatic nitrogens is 2. The molecule has 1 aromatic heterocycles. The third-order valence-corrected chi connectivity index (χ3v) is 3.04. The van der Waals surface area contributed by atoms with Crippen LogP contribution in [0.25, 0.3) is 5.69 Å². The predicted molar refractivity (Wildman–Crippen MR) is 63.3 cm³/mol. The summed E-state index contributed by atoms with van der Waals surface area (Å²) in [6.45, 7) is 0.664. The monoisotopic (exact) mass is 267 g/mol. The smallest absolute Gasteiger partial charge is 0.194 e. The first kappa shape index (κ1) is 12.2. The number of nitrogens with one attached hydrogen (secondary N) is 1. The molecule has 1 N–H and O–H groups in total. The van der Waals surface area contributed by atoms with Gasteiger partial charge < -0.3 is 5.32 Å². The van der Waals surface area contributed by atoms with E-state index >= 15 is 0 Å². The van der Waals surface area contributed by atoms with Crippen molar-refractivity contribution >= 4 is 0 Å². The SMILES string of the molecule is Fc1cc(-n2cc(CNC3CC3)cn2)cc(F)c1F. The first-order valence-electron chi connectivity index (χ1n) is 6.05. The standard InChI is InChI=1S/C13H12F3N3/c14-11-3-10(4-12(15)13(11)16)19-7-8(6-18-19)5-17-9-1-2-9/h3-4,6-7,9,17H,1-2,5H2. The fourth-order valence-corrected chi connectivity index (χ4v) is 1.82. The Bertz CT molecular complexity index is 582. The highest BCUT2D eigenvalue weighted by Gasteiger charge is 2.20. The molecule has 1 aliphatic rings. The van der Waals surface area contributed by atoms with Gasteiger partial charge in [0.25, 0.3) is 0 Å². The van der Waals surface area contributed by atoms with E-state index < -0.39 is 17.5 Å². The Morgan fingerprint density at radius 2 is 1.89 bits per heavy atom. The summed E-state index contributed by atoms with van der Waals surface area (Å²) in [4.78, 5) is 0. The van der Waals surface area contributed by atoms with Gasteiger partial charge in [-0.05, 0) is 12.8 Å². The highest BCUT2D eigenvalue weighted by atomic mass is 19.2. The van der Waals surface area contributed by atoms with Gasteiger partial charge in [-0.1, -0.05) is 0 Å². The Hall–Kier alpha value is -1.82. The lowest BCUT2D eigenvalue weighted by Gasteiger charge is -2.03. The van der Waals surface area contributed by atoms with Crippen LogP contribution in [0.3, 0.4) is 0 Å². The van der Waals surface area contributed by atoms with Gasteiger partial charge in [-0.3, -0.25) is 0 Å². The van der Waals surface area contributed by atoms with Gasteiger partial charge in [0.2, 0.25) is 0 Å². The molecule has 0 aliphatic heterocycles. The summed E-state index contributed by atoms with van der Waals surface area (Å²) in [6.07, 6.45) is 5.65. The van der Waals surface area contributed by atoms with Gasteiger partial charge in [0.05, 0.1) is 11.9 Å². The summed E-state index contributed by atoms with van der Waals surface area (Å²) in [5.74, 6) is -3.90. The van der Waals surface area contributed by atoms with E-state index in [0.29, 0.717) is 12.6 Å². The zero-order valence-corrected chi connectivity index (χ0v) is 10.0. The molecule has 3 rings (SSSR count). The average Bonchev–Trinajstić information content (AvgIpc) is 3.10. The Kier molecular flexibility index (Phi) is 3.02. The van der Waals surface area contributed by atoms with Crippen LogP contribution in [0, 0.1) is 17.5 Å². The van der Waals surface area contributed by atoms with Crippen molar-refractivity contribution in [3.63, 3.8) is 0 Å². The van der Waals surface area contributed by atoms with Crippen LogP contribution in [0.5, 0.6) is 0 Å². The summed E-state index contributed by atoms with van der Waals surface area (Å²) in [5.41, 5.74) is 1.08. The fourth-order valence-electron chi connectivity index (χ4n) is 1.82. The second-order valence-corrected chi connectivity index (χ2v) is 4.67. The van der Waals surface area contributed by atoms with Crippen molar-refractivity contribution in [2.24, 2.45) is 0 Å². The number of benzene rings is 1. The third kappa shape index (κ3) is 2.63. The maximum absolute atomic E-state index is 13.1. The Morgan fingerprint density at radius 1 is 1.21 bits per heavy atom. The van der Waals surface area contributed by atoms with Crippen LogP contribution < -0.4 is 5.32 Å². The molecule has 0 bridgehead atoms. The van der Waals surface area contributed by atoms with Crippen molar-refractivity contribution in [3.05, 3.63) is 47.5 Å². The van der Waals surface area contributed by atoms with Crippen LogP contribution >= 0.6 is 0 Å². The van der Waals surface area contributed by atoms with Gasteiger partial charge in [-0.15, -0.1) is 0 Å². The molecular weight excluding hydrogens is 255 g/mol. The van der Waals surface area contributed by atoms with Gasteiger partial charge in [0.15, 0.2) is 17.5 Å². The minimum Gasteiger partial charge on any atom is -0.310 e. The van der Waals surface area contributed by atoms with Crippen molar-refractivity contribution in [2.45, 2.75) is 25.4 Å². The Balaban J connectivity index is 1.81. The molecule has 3 nitrogen and oxygen atoms in total.